The Bertz CT molecular complexity index is 625. The molecule has 0 amide bonds. The molecule has 0 bridgehead atoms. The van der Waals surface area contributed by atoms with Gasteiger partial charge in [0.15, 0.2) is 0 Å². The molecule has 0 radical (unpaired) electrons. The number of nitrogens with zero attached hydrogens (tertiary/aromatic N) is 1. The summed E-state index contributed by atoms with van der Waals surface area (Å²) in [6.07, 6.45) is 0. The summed E-state index contributed by atoms with van der Waals surface area (Å²) >= 11 is 3.38. The third-order valence-corrected chi connectivity index (χ3v) is 4.32. The Morgan fingerprint density at radius 1 is 1.12 bits per heavy atom. The highest BCUT2D eigenvalue weighted by Crippen LogP contribution is 2.34. The normalized spacial score (nSPS) is 11.1. The standard InChI is InChI=1S/C12H10N2S2/c13-5-12-14-10(7-16-12)9-6-15-11-4-2-1-3-8(9)11/h1-4,6-7H,5,13H2. The van der Waals surface area contributed by atoms with Crippen LogP contribution in [0.5, 0.6) is 0 Å². The van der Waals surface area contributed by atoms with Crippen molar-refractivity contribution in [2.24, 2.45) is 5.73 Å². The van der Waals surface area contributed by atoms with Gasteiger partial charge in [-0.15, -0.1) is 22.7 Å². The summed E-state index contributed by atoms with van der Waals surface area (Å²) in [5, 5.41) is 6.52. The van der Waals surface area contributed by atoms with Crippen molar-refractivity contribution in [3.05, 3.63) is 40.0 Å². The Labute approximate surface area is 101 Å². The summed E-state index contributed by atoms with van der Waals surface area (Å²) in [5.41, 5.74) is 7.84. The first kappa shape index (κ1) is 9.96. The summed E-state index contributed by atoms with van der Waals surface area (Å²) < 4.78 is 1.31. The Morgan fingerprint density at radius 2 is 2.00 bits per heavy atom. The number of thiophene rings is 1. The highest BCUT2D eigenvalue weighted by Gasteiger charge is 2.08. The molecule has 0 fully saturated rings. The second-order valence-electron chi connectivity index (χ2n) is 3.48. The van der Waals surface area contributed by atoms with Crippen LogP contribution in [0.15, 0.2) is 35.0 Å². The van der Waals surface area contributed by atoms with Crippen molar-refractivity contribution >= 4 is 32.8 Å². The van der Waals surface area contributed by atoms with E-state index in [9.17, 15) is 0 Å². The van der Waals surface area contributed by atoms with E-state index in [1.807, 2.05) is 0 Å². The first-order valence-corrected chi connectivity index (χ1v) is 6.75. The van der Waals surface area contributed by atoms with E-state index in [4.69, 9.17) is 5.73 Å². The van der Waals surface area contributed by atoms with Crippen molar-refractivity contribution in [1.29, 1.82) is 0 Å². The maximum atomic E-state index is 5.58. The van der Waals surface area contributed by atoms with Crippen LogP contribution in [0.4, 0.5) is 0 Å². The number of rotatable bonds is 2. The van der Waals surface area contributed by atoms with Crippen LogP contribution < -0.4 is 5.73 Å². The topological polar surface area (TPSA) is 38.9 Å². The van der Waals surface area contributed by atoms with Crippen LogP contribution >= 0.6 is 22.7 Å². The molecule has 2 nitrogen and oxygen atoms in total. The van der Waals surface area contributed by atoms with Gasteiger partial charge < -0.3 is 5.73 Å². The molecule has 0 aliphatic rings. The van der Waals surface area contributed by atoms with Crippen LogP contribution in [0.2, 0.25) is 0 Å². The van der Waals surface area contributed by atoms with Crippen molar-refractivity contribution in [2.75, 3.05) is 0 Å². The molecule has 0 atom stereocenters. The molecule has 2 N–H and O–H groups in total. The fraction of sp³-hybridized carbons (Fsp3) is 0.0833. The van der Waals surface area contributed by atoms with E-state index in [2.05, 4.69) is 40.0 Å². The van der Waals surface area contributed by atoms with Gasteiger partial charge in [-0.3, -0.25) is 0 Å². The molecule has 0 spiro atoms. The first-order valence-electron chi connectivity index (χ1n) is 4.99. The van der Waals surface area contributed by atoms with Gasteiger partial charge in [0.25, 0.3) is 0 Å². The lowest BCUT2D eigenvalue weighted by atomic mass is 10.1. The van der Waals surface area contributed by atoms with Crippen LogP contribution in [-0.4, -0.2) is 4.98 Å². The molecule has 0 aliphatic heterocycles. The van der Waals surface area contributed by atoms with Crippen LogP contribution in [0.25, 0.3) is 21.3 Å². The Kier molecular flexibility index (Phi) is 2.47. The molecule has 0 saturated heterocycles. The fourth-order valence-electron chi connectivity index (χ4n) is 1.70. The molecular weight excluding hydrogens is 236 g/mol. The van der Waals surface area contributed by atoms with Crippen LogP contribution in [0.1, 0.15) is 5.01 Å². The molecule has 80 valence electrons. The molecule has 3 aromatic rings. The number of nitrogens with two attached hydrogens (primary N) is 1. The molecule has 1 aromatic carbocycles. The van der Waals surface area contributed by atoms with Gasteiger partial charge in [0.2, 0.25) is 0 Å². The molecule has 0 aliphatic carbocycles. The molecule has 2 aromatic heterocycles. The van der Waals surface area contributed by atoms with E-state index in [0.29, 0.717) is 6.54 Å². The zero-order chi connectivity index (χ0) is 11.0. The van der Waals surface area contributed by atoms with Crippen molar-refractivity contribution in [1.82, 2.24) is 4.98 Å². The van der Waals surface area contributed by atoms with Crippen molar-refractivity contribution in [3.8, 4) is 11.3 Å². The molecule has 0 unspecified atom stereocenters. The van der Waals surface area contributed by atoms with Gasteiger partial charge in [0.05, 0.1) is 5.69 Å². The number of hydrogen-bond donors (Lipinski definition) is 1. The summed E-state index contributed by atoms with van der Waals surface area (Å²) in [7, 11) is 0. The highest BCUT2D eigenvalue weighted by molar-refractivity contribution is 7.17. The molecule has 3 rings (SSSR count). The Hall–Kier alpha value is -1.23. The second-order valence-corrected chi connectivity index (χ2v) is 5.33. The number of benzene rings is 1. The zero-order valence-electron chi connectivity index (χ0n) is 8.51. The first-order chi connectivity index (χ1) is 7.88. The maximum Gasteiger partial charge on any atom is 0.107 e. The van der Waals surface area contributed by atoms with Gasteiger partial charge in [0.1, 0.15) is 5.01 Å². The number of hydrogen-bond acceptors (Lipinski definition) is 4. The molecule has 16 heavy (non-hydrogen) atoms. The van der Waals surface area contributed by atoms with E-state index < -0.39 is 0 Å². The van der Waals surface area contributed by atoms with E-state index in [1.165, 1.54) is 15.6 Å². The van der Waals surface area contributed by atoms with E-state index in [-0.39, 0.29) is 0 Å². The van der Waals surface area contributed by atoms with E-state index in [1.54, 1.807) is 22.7 Å². The Morgan fingerprint density at radius 3 is 2.81 bits per heavy atom. The lowest BCUT2D eigenvalue weighted by Gasteiger charge is -1.93. The van der Waals surface area contributed by atoms with Gasteiger partial charge >= 0.3 is 0 Å². The SMILES string of the molecule is NCc1nc(-c2csc3ccccc23)cs1. The maximum absolute atomic E-state index is 5.58. The average Bonchev–Trinajstić information content (AvgIpc) is 2.94. The van der Waals surface area contributed by atoms with E-state index in [0.717, 1.165) is 10.7 Å². The minimum Gasteiger partial charge on any atom is -0.325 e. The quantitative estimate of drug-likeness (QED) is 0.751. The van der Waals surface area contributed by atoms with Gasteiger partial charge in [-0.25, -0.2) is 4.98 Å². The highest BCUT2D eigenvalue weighted by atomic mass is 32.1. The smallest absolute Gasteiger partial charge is 0.107 e. The zero-order valence-corrected chi connectivity index (χ0v) is 10.1. The summed E-state index contributed by atoms with van der Waals surface area (Å²) in [6, 6.07) is 8.41. The lowest BCUT2D eigenvalue weighted by molar-refractivity contribution is 1.04. The predicted octanol–water partition coefficient (Wildman–Crippen LogP) is 3.48. The summed E-state index contributed by atoms with van der Waals surface area (Å²) in [4.78, 5) is 4.52. The largest absolute Gasteiger partial charge is 0.325 e. The summed E-state index contributed by atoms with van der Waals surface area (Å²) in [5.74, 6) is 0. The van der Waals surface area contributed by atoms with Gasteiger partial charge in [-0.1, -0.05) is 18.2 Å². The molecular formula is C12H10N2S2. The van der Waals surface area contributed by atoms with Crippen molar-refractivity contribution < 1.29 is 0 Å². The fourth-order valence-corrected chi connectivity index (χ4v) is 3.33. The van der Waals surface area contributed by atoms with E-state index >= 15 is 0 Å². The van der Waals surface area contributed by atoms with Crippen LogP contribution in [0.3, 0.4) is 0 Å². The predicted molar refractivity (Wildman–Crippen MR) is 70.8 cm³/mol. The van der Waals surface area contributed by atoms with Crippen LogP contribution in [-0.2, 0) is 6.54 Å². The third kappa shape index (κ3) is 1.55. The minimum absolute atomic E-state index is 0.521. The molecule has 0 saturated carbocycles. The minimum atomic E-state index is 0.521. The van der Waals surface area contributed by atoms with Gasteiger partial charge in [-0.05, 0) is 6.07 Å². The number of thiazole rings is 1. The van der Waals surface area contributed by atoms with Gasteiger partial charge in [0, 0.05) is 33.0 Å². The second kappa shape index (κ2) is 3.97. The van der Waals surface area contributed by atoms with Crippen molar-refractivity contribution in [2.45, 2.75) is 6.54 Å². The van der Waals surface area contributed by atoms with Crippen molar-refractivity contribution in [3.63, 3.8) is 0 Å². The monoisotopic (exact) mass is 246 g/mol. The van der Waals surface area contributed by atoms with Crippen LogP contribution in [0, 0.1) is 0 Å². The number of aromatic nitrogens is 1. The van der Waals surface area contributed by atoms with Gasteiger partial charge in [-0.2, -0.15) is 0 Å². The Balaban J connectivity index is 2.18. The lowest BCUT2D eigenvalue weighted by Crippen LogP contribution is -1.94. The number of fused-ring (bicyclic) bond motifs is 1. The summed E-state index contributed by atoms with van der Waals surface area (Å²) in [6.45, 7) is 0.521. The molecule has 2 heterocycles. The third-order valence-electron chi connectivity index (χ3n) is 2.48. The average molecular weight is 246 g/mol. The molecule has 4 heteroatoms.